The van der Waals surface area contributed by atoms with Gasteiger partial charge in [-0.05, 0) is 18.6 Å². The monoisotopic (exact) mass is 300 g/mol. The van der Waals surface area contributed by atoms with Crippen LogP contribution in [0.15, 0.2) is 48.5 Å². The van der Waals surface area contributed by atoms with Gasteiger partial charge in [0, 0.05) is 18.2 Å². The van der Waals surface area contributed by atoms with Gasteiger partial charge in [0.15, 0.2) is 11.5 Å². The third-order valence-electron chi connectivity index (χ3n) is 3.24. The van der Waals surface area contributed by atoms with Crippen molar-refractivity contribution in [1.29, 1.82) is 0 Å². The number of aromatic hydroxyl groups is 2. The van der Waals surface area contributed by atoms with Gasteiger partial charge in [-0.2, -0.15) is 0 Å². The second-order valence-electron chi connectivity index (χ2n) is 4.73. The molecule has 0 saturated carbocycles. The number of hydrogen-bond donors (Lipinski definition) is 2. The lowest BCUT2D eigenvalue weighted by atomic mass is 10.1. The first-order valence-electron chi connectivity index (χ1n) is 7.10. The van der Waals surface area contributed by atoms with E-state index in [1.54, 1.807) is 0 Å². The van der Waals surface area contributed by atoms with Crippen molar-refractivity contribution in [2.24, 2.45) is 0 Å². The molecule has 4 nitrogen and oxygen atoms in total. The minimum atomic E-state index is -0.456. The normalized spacial score (nSPS) is 12.5. The van der Waals surface area contributed by atoms with Crippen LogP contribution in [0.4, 0.5) is 0 Å². The molecular formula is C18H20O4. The van der Waals surface area contributed by atoms with Gasteiger partial charge in [-0.15, -0.1) is 0 Å². The maximum absolute atomic E-state index is 10.1. The van der Waals surface area contributed by atoms with Gasteiger partial charge in [0.1, 0.15) is 11.9 Å². The molecule has 1 atom stereocenters. The average molecular weight is 300 g/mol. The highest BCUT2D eigenvalue weighted by Gasteiger charge is 2.16. The number of phenols is 2. The summed E-state index contributed by atoms with van der Waals surface area (Å²) in [5, 5.41) is 20.0. The molecular weight excluding hydrogens is 280 g/mol. The Morgan fingerprint density at radius 2 is 1.82 bits per heavy atom. The first-order chi connectivity index (χ1) is 10.7. The van der Waals surface area contributed by atoms with Crippen LogP contribution in [0.1, 0.15) is 24.2 Å². The number of methoxy groups -OCH3 is 1. The summed E-state index contributed by atoms with van der Waals surface area (Å²) in [5.41, 5.74) is 1.52. The van der Waals surface area contributed by atoms with Gasteiger partial charge in [0.05, 0.1) is 7.11 Å². The molecule has 2 aromatic rings. The zero-order valence-corrected chi connectivity index (χ0v) is 12.7. The van der Waals surface area contributed by atoms with E-state index < -0.39 is 6.10 Å². The summed E-state index contributed by atoms with van der Waals surface area (Å²) in [4.78, 5) is 0. The standard InChI is InChI=1S/C18H20O4/c1-3-22-17(10-9-13-7-5-4-6-8-13)14-11-16(20)18(21-2)12-15(14)19/h4-12,17,19-20H,3H2,1-2H3. The third-order valence-corrected chi connectivity index (χ3v) is 3.24. The van der Waals surface area contributed by atoms with Crippen LogP contribution in [0.25, 0.3) is 6.08 Å². The molecule has 0 bridgehead atoms. The molecule has 0 aliphatic carbocycles. The number of benzene rings is 2. The molecule has 0 spiro atoms. The SMILES string of the molecule is CCOC(C=Cc1ccccc1)c1cc(O)c(OC)cc1O. The second kappa shape index (κ2) is 7.52. The molecule has 0 radical (unpaired) electrons. The van der Waals surface area contributed by atoms with E-state index >= 15 is 0 Å². The largest absolute Gasteiger partial charge is 0.507 e. The van der Waals surface area contributed by atoms with Gasteiger partial charge >= 0.3 is 0 Å². The van der Waals surface area contributed by atoms with Crippen LogP contribution in [0.2, 0.25) is 0 Å². The molecule has 0 saturated heterocycles. The summed E-state index contributed by atoms with van der Waals surface area (Å²) in [6, 6.07) is 12.6. The number of phenolic OH excluding ortho intramolecular Hbond substituents is 2. The van der Waals surface area contributed by atoms with Crippen molar-refractivity contribution in [2.45, 2.75) is 13.0 Å². The van der Waals surface area contributed by atoms with E-state index in [1.165, 1.54) is 19.2 Å². The van der Waals surface area contributed by atoms with Gasteiger partial charge < -0.3 is 19.7 Å². The zero-order valence-electron chi connectivity index (χ0n) is 12.7. The number of hydrogen-bond acceptors (Lipinski definition) is 4. The van der Waals surface area contributed by atoms with Crippen LogP contribution >= 0.6 is 0 Å². The van der Waals surface area contributed by atoms with Crippen LogP contribution in [0, 0.1) is 0 Å². The van der Waals surface area contributed by atoms with Crippen molar-refractivity contribution in [3.05, 3.63) is 59.7 Å². The molecule has 116 valence electrons. The Kier molecular flexibility index (Phi) is 5.44. The van der Waals surface area contributed by atoms with E-state index in [-0.39, 0.29) is 17.2 Å². The quantitative estimate of drug-likeness (QED) is 0.794. The Hall–Kier alpha value is -2.46. The Morgan fingerprint density at radius 3 is 2.45 bits per heavy atom. The molecule has 4 heteroatoms. The van der Waals surface area contributed by atoms with Gasteiger partial charge in [-0.25, -0.2) is 0 Å². The van der Waals surface area contributed by atoms with Crippen LogP contribution < -0.4 is 4.74 Å². The van der Waals surface area contributed by atoms with E-state index in [0.717, 1.165) is 5.56 Å². The lowest BCUT2D eigenvalue weighted by Gasteiger charge is -2.16. The highest BCUT2D eigenvalue weighted by Crippen LogP contribution is 2.37. The van der Waals surface area contributed by atoms with Crippen LogP contribution in [-0.2, 0) is 4.74 Å². The molecule has 0 fully saturated rings. The molecule has 2 N–H and O–H groups in total. The van der Waals surface area contributed by atoms with Crippen LogP contribution in [-0.4, -0.2) is 23.9 Å². The molecule has 0 aliphatic rings. The predicted molar refractivity (Wildman–Crippen MR) is 86.2 cm³/mol. The topological polar surface area (TPSA) is 58.9 Å². The van der Waals surface area contributed by atoms with Gasteiger partial charge in [0.2, 0.25) is 0 Å². The molecule has 0 aliphatic heterocycles. The zero-order chi connectivity index (χ0) is 15.9. The molecule has 1 unspecified atom stereocenters. The van der Waals surface area contributed by atoms with Crippen molar-refractivity contribution in [3.8, 4) is 17.2 Å². The van der Waals surface area contributed by atoms with Crippen molar-refractivity contribution < 1.29 is 19.7 Å². The fourth-order valence-electron chi connectivity index (χ4n) is 2.16. The number of rotatable bonds is 6. The third kappa shape index (κ3) is 3.80. The molecule has 0 aromatic heterocycles. The van der Waals surface area contributed by atoms with E-state index in [1.807, 2.05) is 49.4 Å². The fourth-order valence-corrected chi connectivity index (χ4v) is 2.16. The smallest absolute Gasteiger partial charge is 0.164 e. The average Bonchev–Trinajstić information content (AvgIpc) is 2.54. The van der Waals surface area contributed by atoms with Crippen molar-refractivity contribution in [2.75, 3.05) is 13.7 Å². The molecule has 2 rings (SSSR count). The van der Waals surface area contributed by atoms with Crippen molar-refractivity contribution >= 4 is 6.08 Å². The van der Waals surface area contributed by atoms with Crippen LogP contribution in [0.3, 0.4) is 0 Å². The molecule has 0 amide bonds. The summed E-state index contributed by atoms with van der Waals surface area (Å²) >= 11 is 0. The van der Waals surface area contributed by atoms with Gasteiger partial charge in [0.25, 0.3) is 0 Å². The van der Waals surface area contributed by atoms with E-state index in [4.69, 9.17) is 9.47 Å². The maximum atomic E-state index is 10.1. The van der Waals surface area contributed by atoms with Crippen molar-refractivity contribution in [3.63, 3.8) is 0 Å². The summed E-state index contributed by atoms with van der Waals surface area (Å²) in [5.74, 6) is 0.211. The predicted octanol–water partition coefficient (Wildman–Crippen LogP) is 3.90. The molecule has 0 heterocycles. The minimum Gasteiger partial charge on any atom is -0.507 e. The summed E-state index contributed by atoms with van der Waals surface area (Å²) in [7, 11) is 1.43. The number of ether oxygens (including phenoxy) is 2. The Morgan fingerprint density at radius 1 is 1.09 bits per heavy atom. The molecule has 22 heavy (non-hydrogen) atoms. The highest BCUT2D eigenvalue weighted by molar-refractivity contribution is 5.54. The van der Waals surface area contributed by atoms with E-state index in [0.29, 0.717) is 12.2 Å². The second-order valence-corrected chi connectivity index (χ2v) is 4.73. The van der Waals surface area contributed by atoms with E-state index in [9.17, 15) is 10.2 Å². The maximum Gasteiger partial charge on any atom is 0.164 e. The fraction of sp³-hybridized carbons (Fsp3) is 0.222. The van der Waals surface area contributed by atoms with E-state index in [2.05, 4.69) is 0 Å². The summed E-state index contributed by atoms with van der Waals surface area (Å²) < 4.78 is 10.6. The summed E-state index contributed by atoms with van der Waals surface area (Å²) in [6.07, 6.45) is 3.31. The van der Waals surface area contributed by atoms with Gasteiger partial charge in [-0.3, -0.25) is 0 Å². The summed E-state index contributed by atoms with van der Waals surface area (Å²) in [6.45, 7) is 2.36. The minimum absolute atomic E-state index is 0.0193. The first-order valence-corrected chi connectivity index (χ1v) is 7.10. The lowest BCUT2D eigenvalue weighted by Crippen LogP contribution is -2.02. The first kappa shape index (κ1) is 15.9. The highest BCUT2D eigenvalue weighted by atomic mass is 16.5. The van der Waals surface area contributed by atoms with Gasteiger partial charge in [-0.1, -0.05) is 42.5 Å². The Bertz CT molecular complexity index is 635. The lowest BCUT2D eigenvalue weighted by molar-refractivity contribution is 0.0952. The van der Waals surface area contributed by atoms with Crippen LogP contribution in [0.5, 0.6) is 17.2 Å². The Balaban J connectivity index is 2.32. The van der Waals surface area contributed by atoms with Crippen molar-refractivity contribution in [1.82, 2.24) is 0 Å². The molecule has 2 aromatic carbocycles. The Labute approximate surface area is 130 Å².